The summed E-state index contributed by atoms with van der Waals surface area (Å²) < 4.78 is 15.8. The summed E-state index contributed by atoms with van der Waals surface area (Å²) in [7, 11) is 0. The number of hydrogen-bond acceptors (Lipinski definition) is 5. The van der Waals surface area contributed by atoms with Gasteiger partial charge in [-0.25, -0.2) is 4.79 Å². The molecule has 0 N–H and O–H groups in total. The number of ether oxygens (including phenoxy) is 2. The van der Waals surface area contributed by atoms with Crippen molar-refractivity contribution in [3.8, 4) is 11.5 Å². The summed E-state index contributed by atoms with van der Waals surface area (Å²) in [5.74, 6) is -0.0886. The summed E-state index contributed by atoms with van der Waals surface area (Å²) in [6.07, 6.45) is 2.96. The van der Waals surface area contributed by atoms with Crippen LogP contribution in [0.5, 0.6) is 11.5 Å². The van der Waals surface area contributed by atoms with Crippen molar-refractivity contribution >= 4 is 29.4 Å². The first-order valence-corrected chi connectivity index (χ1v) is 8.08. The highest BCUT2D eigenvalue weighted by atomic mass is 35.5. The number of furan rings is 1. The van der Waals surface area contributed by atoms with Gasteiger partial charge in [-0.3, -0.25) is 4.79 Å². The van der Waals surface area contributed by atoms with Crippen LogP contribution in [0.25, 0.3) is 6.08 Å². The molecule has 0 unspecified atom stereocenters. The Hall–Kier alpha value is -3.31. The second-order valence-corrected chi connectivity index (χ2v) is 5.89. The molecule has 1 aliphatic heterocycles. The Balaban J connectivity index is 1.59. The number of rotatable bonds is 3. The number of Topliss-reactive ketones (excluding diaryl/α,β-unsaturated/α-hetero) is 1. The molecule has 0 bridgehead atoms. The van der Waals surface area contributed by atoms with Crippen molar-refractivity contribution in [3.05, 3.63) is 88.5 Å². The molecule has 1 aliphatic rings. The molecular formula is C20H11ClO5. The van der Waals surface area contributed by atoms with Gasteiger partial charge >= 0.3 is 5.97 Å². The molecule has 0 amide bonds. The van der Waals surface area contributed by atoms with Crippen LogP contribution in [-0.4, -0.2) is 11.8 Å². The summed E-state index contributed by atoms with van der Waals surface area (Å²) >= 11 is 6.12. The van der Waals surface area contributed by atoms with Crippen LogP contribution in [-0.2, 0) is 0 Å². The zero-order chi connectivity index (χ0) is 18.1. The highest BCUT2D eigenvalue weighted by molar-refractivity contribution is 6.32. The zero-order valence-electron chi connectivity index (χ0n) is 13.3. The third kappa shape index (κ3) is 3.00. The smallest absolute Gasteiger partial charge is 0.379 e. The fourth-order valence-electron chi connectivity index (χ4n) is 2.52. The van der Waals surface area contributed by atoms with Crippen LogP contribution in [0.2, 0.25) is 5.02 Å². The number of allylic oxidation sites excluding steroid dienone is 1. The van der Waals surface area contributed by atoms with Crippen LogP contribution >= 0.6 is 11.6 Å². The van der Waals surface area contributed by atoms with Gasteiger partial charge in [0, 0.05) is 11.1 Å². The third-order valence-corrected chi connectivity index (χ3v) is 4.11. The standard InChI is InChI=1S/C20H11ClO5/c21-15-5-2-1-4-12(15)10-18-19(22)14-8-7-13(11-17(14)26-18)25-20(23)16-6-3-9-24-16/h1-11H/b18-10+. The first-order chi connectivity index (χ1) is 12.6. The fraction of sp³-hybridized carbons (Fsp3) is 0. The van der Waals surface area contributed by atoms with Crippen LogP contribution < -0.4 is 9.47 Å². The maximum atomic E-state index is 12.5. The Labute approximate surface area is 153 Å². The lowest BCUT2D eigenvalue weighted by atomic mass is 10.1. The fourth-order valence-corrected chi connectivity index (χ4v) is 2.71. The van der Waals surface area contributed by atoms with E-state index in [0.717, 1.165) is 0 Å². The molecule has 0 spiro atoms. The van der Waals surface area contributed by atoms with Crippen molar-refractivity contribution in [1.29, 1.82) is 0 Å². The van der Waals surface area contributed by atoms with Gasteiger partial charge < -0.3 is 13.9 Å². The zero-order valence-corrected chi connectivity index (χ0v) is 14.0. The van der Waals surface area contributed by atoms with E-state index in [1.807, 2.05) is 6.07 Å². The van der Waals surface area contributed by atoms with E-state index >= 15 is 0 Å². The van der Waals surface area contributed by atoms with E-state index < -0.39 is 5.97 Å². The Morgan fingerprint density at radius 3 is 2.69 bits per heavy atom. The predicted molar refractivity (Wildman–Crippen MR) is 94.5 cm³/mol. The second-order valence-electron chi connectivity index (χ2n) is 5.49. The highest BCUT2D eigenvalue weighted by Crippen LogP contribution is 2.35. The number of fused-ring (bicyclic) bond motifs is 1. The van der Waals surface area contributed by atoms with E-state index in [9.17, 15) is 9.59 Å². The molecule has 128 valence electrons. The summed E-state index contributed by atoms with van der Waals surface area (Å²) in [5.41, 5.74) is 1.07. The molecule has 0 fully saturated rings. The number of carbonyl (C=O) groups is 2. The van der Waals surface area contributed by atoms with Crippen LogP contribution in [0.1, 0.15) is 26.5 Å². The van der Waals surface area contributed by atoms with Gasteiger partial charge in [-0.1, -0.05) is 29.8 Å². The van der Waals surface area contributed by atoms with Gasteiger partial charge in [-0.15, -0.1) is 0 Å². The Bertz CT molecular complexity index is 1030. The summed E-state index contributed by atoms with van der Waals surface area (Å²) in [6, 6.07) is 14.8. The van der Waals surface area contributed by atoms with E-state index in [-0.39, 0.29) is 23.1 Å². The first-order valence-electron chi connectivity index (χ1n) is 7.70. The van der Waals surface area contributed by atoms with Gasteiger partial charge in [0.15, 0.2) is 5.76 Å². The second kappa shape index (κ2) is 6.54. The van der Waals surface area contributed by atoms with Crippen LogP contribution in [0.3, 0.4) is 0 Å². The van der Waals surface area contributed by atoms with Gasteiger partial charge in [-0.2, -0.15) is 0 Å². The van der Waals surface area contributed by atoms with Crippen molar-refractivity contribution in [2.45, 2.75) is 0 Å². The summed E-state index contributed by atoms with van der Waals surface area (Å²) in [4.78, 5) is 24.4. The molecule has 3 aromatic rings. The number of ketones is 1. The normalized spacial score (nSPS) is 14.2. The minimum atomic E-state index is -0.633. The maximum absolute atomic E-state index is 12.5. The largest absolute Gasteiger partial charge is 0.457 e. The monoisotopic (exact) mass is 366 g/mol. The molecule has 1 aromatic heterocycles. The molecule has 5 nitrogen and oxygen atoms in total. The molecule has 2 heterocycles. The van der Waals surface area contributed by atoms with Gasteiger partial charge in [-0.05, 0) is 42.0 Å². The van der Waals surface area contributed by atoms with Gasteiger partial charge in [0.2, 0.25) is 11.5 Å². The van der Waals surface area contributed by atoms with Crippen molar-refractivity contribution < 1.29 is 23.5 Å². The van der Waals surface area contributed by atoms with Crippen LogP contribution in [0, 0.1) is 0 Å². The molecular weight excluding hydrogens is 356 g/mol. The molecule has 2 aromatic carbocycles. The molecule has 0 radical (unpaired) electrons. The number of carbonyl (C=O) groups excluding carboxylic acids is 2. The van der Waals surface area contributed by atoms with Crippen molar-refractivity contribution in [3.63, 3.8) is 0 Å². The quantitative estimate of drug-likeness (QED) is 0.379. The average molecular weight is 367 g/mol. The molecule has 0 saturated carbocycles. The lowest BCUT2D eigenvalue weighted by Gasteiger charge is -2.04. The highest BCUT2D eigenvalue weighted by Gasteiger charge is 2.28. The molecule has 0 atom stereocenters. The summed E-state index contributed by atoms with van der Waals surface area (Å²) in [5, 5.41) is 0.514. The lowest BCUT2D eigenvalue weighted by Crippen LogP contribution is -2.07. The third-order valence-electron chi connectivity index (χ3n) is 3.77. The van der Waals surface area contributed by atoms with Gasteiger partial charge in [0.25, 0.3) is 0 Å². The number of benzene rings is 2. The summed E-state index contributed by atoms with van der Waals surface area (Å²) in [6.45, 7) is 0. The van der Waals surface area contributed by atoms with E-state index in [4.69, 9.17) is 25.5 Å². The number of esters is 1. The maximum Gasteiger partial charge on any atom is 0.379 e. The SMILES string of the molecule is O=C(Oc1ccc2c(c1)O/C(=C/c1ccccc1Cl)C2=O)c1ccco1. The van der Waals surface area contributed by atoms with Crippen molar-refractivity contribution in [1.82, 2.24) is 0 Å². The average Bonchev–Trinajstić information content (AvgIpc) is 3.26. The van der Waals surface area contributed by atoms with E-state index in [1.54, 1.807) is 36.4 Å². The van der Waals surface area contributed by atoms with Gasteiger partial charge in [0.1, 0.15) is 11.5 Å². The number of halogens is 1. The molecule has 26 heavy (non-hydrogen) atoms. The van der Waals surface area contributed by atoms with Crippen molar-refractivity contribution in [2.24, 2.45) is 0 Å². The van der Waals surface area contributed by atoms with Crippen LogP contribution in [0.15, 0.2) is 71.0 Å². The Kier molecular flexibility index (Phi) is 4.07. The molecule has 6 heteroatoms. The predicted octanol–water partition coefficient (Wildman–Crippen LogP) is 4.77. The topological polar surface area (TPSA) is 65.7 Å². The first kappa shape index (κ1) is 16.2. The van der Waals surface area contributed by atoms with Gasteiger partial charge in [0.05, 0.1) is 11.8 Å². The van der Waals surface area contributed by atoms with Crippen LogP contribution in [0.4, 0.5) is 0 Å². The van der Waals surface area contributed by atoms with E-state index in [0.29, 0.717) is 21.9 Å². The minimum Gasteiger partial charge on any atom is -0.457 e. The Morgan fingerprint density at radius 2 is 1.92 bits per heavy atom. The molecule has 4 rings (SSSR count). The van der Waals surface area contributed by atoms with Crippen molar-refractivity contribution in [2.75, 3.05) is 0 Å². The Morgan fingerprint density at radius 1 is 1.08 bits per heavy atom. The molecule has 0 aliphatic carbocycles. The lowest BCUT2D eigenvalue weighted by molar-refractivity contribution is 0.0701. The number of hydrogen-bond donors (Lipinski definition) is 0. The minimum absolute atomic E-state index is 0.0850. The molecule has 0 saturated heterocycles. The van der Waals surface area contributed by atoms with E-state index in [1.165, 1.54) is 24.5 Å². The van der Waals surface area contributed by atoms with E-state index in [2.05, 4.69) is 0 Å².